The molecule has 2 heterocycles. The van der Waals surface area contributed by atoms with Crippen LogP contribution in [0.15, 0.2) is 54.7 Å². The molecule has 1 aliphatic rings. The maximum atomic E-state index is 12.7. The van der Waals surface area contributed by atoms with E-state index in [-0.39, 0.29) is 5.91 Å². The number of hydrogen-bond acceptors (Lipinski definition) is 4. The Kier molecular flexibility index (Phi) is 7.62. The summed E-state index contributed by atoms with van der Waals surface area (Å²) in [5.74, 6) is 0.909. The van der Waals surface area contributed by atoms with Gasteiger partial charge in [-0.25, -0.2) is 4.98 Å². The van der Waals surface area contributed by atoms with Crippen molar-refractivity contribution in [3.63, 3.8) is 0 Å². The number of benzene rings is 1. The predicted molar refractivity (Wildman–Crippen MR) is 115 cm³/mol. The lowest BCUT2D eigenvalue weighted by Crippen LogP contribution is -2.48. The van der Waals surface area contributed by atoms with Gasteiger partial charge in [-0.05, 0) is 24.1 Å². The smallest absolute Gasteiger partial charge is 0.255 e. The SMILES string of the molecule is CCCCNc1ccc(C(=O)N2CCN(C/C=C/c3ccccc3)CC2)cn1. The first-order valence-electron chi connectivity index (χ1n) is 10.2. The Morgan fingerprint density at radius 3 is 2.57 bits per heavy atom. The number of rotatable bonds is 8. The molecule has 2 aromatic rings. The molecule has 1 aromatic heterocycles. The number of nitrogens with one attached hydrogen (secondary N) is 1. The van der Waals surface area contributed by atoms with Gasteiger partial charge in [0.2, 0.25) is 0 Å². The summed E-state index contributed by atoms with van der Waals surface area (Å²) in [5.41, 5.74) is 1.88. The second-order valence-corrected chi connectivity index (χ2v) is 7.12. The standard InChI is InChI=1S/C23H30N4O/c1-2-3-13-24-22-12-11-21(19-25-22)23(28)27-17-15-26(16-18-27)14-7-10-20-8-5-4-6-9-20/h4-12,19H,2-3,13-18H2,1H3,(H,24,25)/b10-7+. The van der Waals surface area contributed by atoms with Gasteiger partial charge in [0, 0.05) is 45.5 Å². The van der Waals surface area contributed by atoms with Gasteiger partial charge in [0.25, 0.3) is 5.91 Å². The van der Waals surface area contributed by atoms with Gasteiger partial charge in [-0.15, -0.1) is 0 Å². The van der Waals surface area contributed by atoms with Crippen LogP contribution in [-0.2, 0) is 0 Å². The van der Waals surface area contributed by atoms with E-state index in [9.17, 15) is 4.79 Å². The molecule has 1 aliphatic heterocycles. The largest absolute Gasteiger partial charge is 0.370 e. The third-order valence-electron chi connectivity index (χ3n) is 4.98. The fraction of sp³-hybridized carbons (Fsp3) is 0.391. The van der Waals surface area contributed by atoms with Crippen molar-refractivity contribution < 1.29 is 4.79 Å². The third kappa shape index (κ3) is 5.92. The van der Waals surface area contributed by atoms with E-state index in [2.05, 4.69) is 46.4 Å². The van der Waals surface area contributed by atoms with E-state index in [0.717, 1.165) is 57.9 Å². The average Bonchev–Trinajstić information content (AvgIpc) is 2.75. The Balaban J connectivity index is 1.44. The maximum Gasteiger partial charge on any atom is 0.255 e. The van der Waals surface area contributed by atoms with Crippen LogP contribution in [0.1, 0.15) is 35.7 Å². The van der Waals surface area contributed by atoms with E-state index in [4.69, 9.17) is 0 Å². The molecule has 1 saturated heterocycles. The van der Waals surface area contributed by atoms with Crippen LogP contribution in [0.25, 0.3) is 6.08 Å². The number of piperazine rings is 1. The van der Waals surface area contributed by atoms with E-state index in [0.29, 0.717) is 5.56 Å². The zero-order valence-electron chi connectivity index (χ0n) is 16.7. The minimum atomic E-state index is 0.0760. The number of nitrogens with zero attached hydrogens (tertiary/aromatic N) is 3. The van der Waals surface area contributed by atoms with Gasteiger partial charge in [-0.2, -0.15) is 0 Å². The minimum absolute atomic E-state index is 0.0760. The highest BCUT2D eigenvalue weighted by atomic mass is 16.2. The molecule has 1 N–H and O–H groups in total. The Hall–Kier alpha value is -2.66. The van der Waals surface area contributed by atoms with Crippen LogP contribution >= 0.6 is 0 Å². The van der Waals surface area contributed by atoms with E-state index >= 15 is 0 Å². The van der Waals surface area contributed by atoms with E-state index in [1.807, 2.05) is 35.2 Å². The molecule has 28 heavy (non-hydrogen) atoms. The molecule has 0 saturated carbocycles. The van der Waals surface area contributed by atoms with Gasteiger partial charge < -0.3 is 10.2 Å². The summed E-state index contributed by atoms with van der Waals surface area (Å²) in [5, 5.41) is 3.28. The first-order chi connectivity index (χ1) is 13.8. The molecule has 0 radical (unpaired) electrons. The normalized spacial score (nSPS) is 15.1. The van der Waals surface area contributed by atoms with E-state index in [1.165, 1.54) is 5.56 Å². The second kappa shape index (κ2) is 10.6. The van der Waals surface area contributed by atoms with Crippen LogP contribution in [-0.4, -0.2) is 60.0 Å². The fourth-order valence-electron chi connectivity index (χ4n) is 3.24. The Bertz CT molecular complexity index is 750. The molecule has 5 heteroatoms. The van der Waals surface area contributed by atoms with Crippen LogP contribution in [0.5, 0.6) is 0 Å². The van der Waals surface area contributed by atoms with Crippen molar-refractivity contribution in [2.75, 3.05) is 44.6 Å². The molecule has 0 unspecified atom stereocenters. The average molecular weight is 379 g/mol. The molecule has 0 aliphatic carbocycles. The molecule has 0 atom stereocenters. The summed E-state index contributed by atoms with van der Waals surface area (Å²) in [6, 6.07) is 14.1. The molecular weight excluding hydrogens is 348 g/mol. The van der Waals surface area contributed by atoms with Crippen molar-refractivity contribution in [2.45, 2.75) is 19.8 Å². The van der Waals surface area contributed by atoms with Crippen LogP contribution in [0.2, 0.25) is 0 Å². The fourth-order valence-corrected chi connectivity index (χ4v) is 3.24. The molecular formula is C23H30N4O. The Morgan fingerprint density at radius 1 is 1.11 bits per heavy atom. The molecule has 1 fully saturated rings. The summed E-state index contributed by atoms with van der Waals surface area (Å²) >= 11 is 0. The number of unbranched alkanes of at least 4 members (excludes halogenated alkanes) is 1. The van der Waals surface area contributed by atoms with Crippen molar-refractivity contribution in [3.8, 4) is 0 Å². The highest BCUT2D eigenvalue weighted by Gasteiger charge is 2.21. The molecule has 3 rings (SSSR count). The summed E-state index contributed by atoms with van der Waals surface area (Å²) in [6.07, 6.45) is 8.30. The number of hydrogen-bond donors (Lipinski definition) is 1. The monoisotopic (exact) mass is 378 g/mol. The molecule has 5 nitrogen and oxygen atoms in total. The van der Waals surface area contributed by atoms with Crippen LogP contribution in [0.4, 0.5) is 5.82 Å². The van der Waals surface area contributed by atoms with Crippen LogP contribution in [0.3, 0.4) is 0 Å². The first kappa shape index (κ1) is 20.1. The van der Waals surface area contributed by atoms with Gasteiger partial charge in [-0.3, -0.25) is 9.69 Å². The molecule has 148 valence electrons. The lowest BCUT2D eigenvalue weighted by atomic mass is 10.2. The number of carbonyl (C=O) groups is 1. The number of carbonyl (C=O) groups excluding carboxylic acids is 1. The highest BCUT2D eigenvalue weighted by Crippen LogP contribution is 2.11. The Morgan fingerprint density at radius 2 is 1.89 bits per heavy atom. The summed E-state index contributed by atoms with van der Waals surface area (Å²) in [4.78, 5) is 21.4. The van der Waals surface area contributed by atoms with Crippen molar-refractivity contribution in [3.05, 3.63) is 65.9 Å². The lowest BCUT2D eigenvalue weighted by molar-refractivity contribution is 0.0650. The van der Waals surface area contributed by atoms with Gasteiger partial charge in [0.15, 0.2) is 0 Å². The quantitative estimate of drug-likeness (QED) is 0.711. The molecule has 0 spiro atoms. The second-order valence-electron chi connectivity index (χ2n) is 7.12. The predicted octanol–water partition coefficient (Wildman–Crippen LogP) is 3.76. The summed E-state index contributed by atoms with van der Waals surface area (Å²) in [6.45, 7) is 7.30. The van der Waals surface area contributed by atoms with Crippen LogP contribution < -0.4 is 5.32 Å². The van der Waals surface area contributed by atoms with Gasteiger partial charge in [-0.1, -0.05) is 55.8 Å². The van der Waals surface area contributed by atoms with Crippen molar-refractivity contribution in [1.82, 2.24) is 14.8 Å². The maximum absolute atomic E-state index is 12.7. The topological polar surface area (TPSA) is 48.5 Å². The highest BCUT2D eigenvalue weighted by molar-refractivity contribution is 5.94. The summed E-state index contributed by atoms with van der Waals surface area (Å²) in [7, 11) is 0. The zero-order chi connectivity index (χ0) is 19.6. The molecule has 0 bridgehead atoms. The van der Waals surface area contributed by atoms with Crippen LogP contribution in [0, 0.1) is 0 Å². The first-order valence-corrected chi connectivity index (χ1v) is 10.2. The van der Waals surface area contributed by atoms with Gasteiger partial charge >= 0.3 is 0 Å². The number of anilines is 1. The minimum Gasteiger partial charge on any atom is -0.370 e. The summed E-state index contributed by atoms with van der Waals surface area (Å²) < 4.78 is 0. The van der Waals surface area contributed by atoms with Gasteiger partial charge in [0.05, 0.1) is 5.56 Å². The third-order valence-corrected chi connectivity index (χ3v) is 4.98. The van der Waals surface area contributed by atoms with E-state index < -0.39 is 0 Å². The van der Waals surface area contributed by atoms with Crippen molar-refractivity contribution in [1.29, 1.82) is 0 Å². The number of aromatic nitrogens is 1. The van der Waals surface area contributed by atoms with E-state index in [1.54, 1.807) is 6.20 Å². The number of amides is 1. The number of pyridine rings is 1. The zero-order valence-corrected chi connectivity index (χ0v) is 16.7. The molecule has 1 aromatic carbocycles. The lowest BCUT2D eigenvalue weighted by Gasteiger charge is -2.34. The Labute approximate surface area is 168 Å². The van der Waals surface area contributed by atoms with Crippen molar-refractivity contribution >= 4 is 17.8 Å². The van der Waals surface area contributed by atoms with Crippen molar-refractivity contribution in [2.24, 2.45) is 0 Å². The molecule has 1 amide bonds. The van der Waals surface area contributed by atoms with Gasteiger partial charge in [0.1, 0.15) is 5.82 Å².